The number of aliphatic hydroxyl groups is 1. The number of benzene rings is 3. The van der Waals surface area contributed by atoms with Gasteiger partial charge in [0.15, 0.2) is 5.60 Å². The number of rotatable bonds is 5. The van der Waals surface area contributed by atoms with Crippen molar-refractivity contribution in [1.82, 2.24) is 5.43 Å². The number of phenolic OH excluding ortho intramolecular Hbond substituents is 1. The van der Waals surface area contributed by atoms with Gasteiger partial charge in [0.25, 0.3) is 5.91 Å². The minimum atomic E-state index is -1.89. The van der Waals surface area contributed by atoms with E-state index in [-0.39, 0.29) is 5.75 Å². The zero-order valence-corrected chi connectivity index (χ0v) is 17.7. The molecule has 3 aromatic rings. The number of halogens is 2. The van der Waals surface area contributed by atoms with Crippen LogP contribution in [-0.4, -0.2) is 22.3 Å². The molecule has 0 saturated carbocycles. The molecule has 0 unspecified atom stereocenters. The summed E-state index contributed by atoms with van der Waals surface area (Å²) in [5.74, 6) is -0.609. The zero-order valence-electron chi connectivity index (χ0n) is 14.5. The number of hydrogen-bond donors (Lipinski definition) is 3. The topological polar surface area (TPSA) is 81.9 Å². The summed E-state index contributed by atoms with van der Waals surface area (Å²) in [4.78, 5) is 12.9. The van der Waals surface area contributed by atoms with E-state index in [9.17, 15) is 15.0 Å². The lowest BCUT2D eigenvalue weighted by molar-refractivity contribution is -0.136. The number of carbonyl (C=O) groups is 1. The lowest BCUT2D eigenvalue weighted by Crippen LogP contribution is -2.43. The van der Waals surface area contributed by atoms with Crippen LogP contribution in [0.4, 0.5) is 0 Å². The number of hydrogen-bond acceptors (Lipinski definition) is 4. The molecule has 3 rings (SSSR count). The fraction of sp³-hybridized carbons (Fsp3) is 0.0476. The van der Waals surface area contributed by atoms with Crippen molar-refractivity contribution in [3.63, 3.8) is 0 Å². The van der Waals surface area contributed by atoms with E-state index in [1.165, 1.54) is 6.21 Å². The highest BCUT2D eigenvalue weighted by atomic mass is 79.9. The molecule has 0 spiro atoms. The summed E-state index contributed by atoms with van der Waals surface area (Å²) in [6, 6.07) is 20.7. The van der Waals surface area contributed by atoms with Gasteiger partial charge in [0, 0.05) is 0 Å². The van der Waals surface area contributed by atoms with Gasteiger partial charge < -0.3 is 10.2 Å². The predicted molar refractivity (Wildman–Crippen MR) is 115 cm³/mol. The van der Waals surface area contributed by atoms with Gasteiger partial charge in [-0.25, -0.2) is 5.43 Å². The third-order valence-electron chi connectivity index (χ3n) is 4.13. The first kappa shape index (κ1) is 20.3. The van der Waals surface area contributed by atoms with Gasteiger partial charge in [-0.2, -0.15) is 5.10 Å². The Kier molecular flexibility index (Phi) is 6.28. The molecule has 1 amide bonds. The highest BCUT2D eigenvalue weighted by Gasteiger charge is 2.39. The Bertz CT molecular complexity index is 946. The van der Waals surface area contributed by atoms with E-state index in [1.54, 1.807) is 60.7 Å². The number of carbonyl (C=O) groups excluding carboxylic acids is 1. The molecule has 0 radical (unpaired) electrons. The Balaban J connectivity index is 1.89. The molecule has 0 aliphatic heterocycles. The highest BCUT2D eigenvalue weighted by molar-refractivity contribution is 9.11. The maximum atomic E-state index is 12.9. The Labute approximate surface area is 179 Å². The second kappa shape index (κ2) is 8.68. The molecule has 3 N–H and O–H groups in total. The van der Waals surface area contributed by atoms with E-state index >= 15 is 0 Å². The molecule has 0 aromatic heterocycles. The first-order valence-corrected chi connectivity index (χ1v) is 9.86. The number of hydrazone groups is 1. The maximum Gasteiger partial charge on any atom is 0.281 e. The van der Waals surface area contributed by atoms with Crippen LogP contribution in [0.5, 0.6) is 5.75 Å². The van der Waals surface area contributed by atoms with Gasteiger partial charge in [-0.3, -0.25) is 4.79 Å². The smallest absolute Gasteiger partial charge is 0.281 e. The number of amides is 1. The van der Waals surface area contributed by atoms with Crippen LogP contribution in [0, 0.1) is 0 Å². The molecule has 5 nitrogen and oxygen atoms in total. The van der Waals surface area contributed by atoms with Crippen molar-refractivity contribution in [1.29, 1.82) is 0 Å². The molecule has 7 heteroatoms. The van der Waals surface area contributed by atoms with Gasteiger partial charge in [-0.05, 0) is 60.7 Å². The Morgan fingerprint density at radius 1 is 0.929 bits per heavy atom. The first-order chi connectivity index (χ1) is 13.4. The van der Waals surface area contributed by atoms with Gasteiger partial charge in [0.05, 0.1) is 15.2 Å². The van der Waals surface area contributed by atoms with Gasteiger partial charge in [-0.15, -0.1) is 0 Å². The summed E-state index contributed by atoms with van der Waals surface area (Å²) in [5.41, 5.74) is 2.02. The number of nitrogens with one attached hydrogen (secondary N) is 1. The molecule has 0 saturated heterocycles. The minimum Gasteiger partial charge on any atom is -0.506 e. The van der Waals surface area contributed by atoms with Crippen molar-refractivity contribution in [2.45, 2.75) is 5.60 Å². The summed E-state index contributed by atoms with van der Waals surface area (Å²) in [7, 11) is 0. The van der Waals surface area contributed by atoms with E-state index in [4.69, 9.17) is 0 Å². The Hall–Kier alpha value is -2.48. The lowest BCUT2D eigenvalue weighted by atomic mass is 9.85. The molecule has 0 aliphatic carbocycles. The third kappa shape index (κ3) is 4.16. The predicted octanol–water partition coefficient (Wildman–Crippen LogP) is 4.30. The van der Waals surface area contributed by atoms with Crippen molar-refractivity contribution >= 4 is 44.0 Å². The van der Waals surface area contributed by atoms with E-state index in [2.05, 4.69) is 42.4 Å². The molecule has 3 aromatic carbocycles. The van der Waals surface area contributed by atoms with Gasteiger partial charge in [0.1, 0.15) is 5.75 Å². The fourth-order valence-electron chi connectivity index (χ4n) is 2.69. The van der Waals surface area contributed by atoms with Crippen LogP contribution in [-0.2, 0) is 10.4 Å². The second-order valence-corrected chi connectivity index (χ2v) is 7.68. The molecule has 28 heavy (non-hydrogen) atoms. The van der Waals surface area contributed by atoms with Crippen molar-refractivity contribution in [2.75, 3.05) is 0 Å². The van der Waals surface area contributed by atoms with Gasteiger partial charge in [0.2, 0.25) is 0 Å². The van der Waals surface area contributed by atoms with Crippen LogP contribution >= 0.6 is 31.9 Å². The molecule has 0 bridgehead atoms. The highest BCUT2D eigenvalue weighted by Crippen LogP contribution is 2.33. The van der Waals surface area contributed by atoms with Crippen molar-refractivity contribution in [3.05, 3.63) is 98.4 Å². The summed E-state index contributed by atoms with van der Waals surface area (Å²) in [6.07, 6.45) is 1.42. The molecule has 142 valence electrons. The summed E-state index contributed by atoms with van der Waals surface area (Å²) in [5, 5.41) is 25.0. The molecular weight excluding hydrogens is 488 g/mol. The lowest BCUT2D eigenvalue weighted by Gasteiger charge is -2.27. The molecule has 0 heterocycles. The van der Waals surface area contributed by atoms with Crippen LogP contribution in [0.2, 0.25) is 0 Å². The number of aromatic hydroxyl groups is 1. The van der Waals surface area contributed by atoms with E-state index in [1.807, 2.05) is 12.1 Å². The average Bonchev–Trinajstić information content (AvgIpc) is 2.72. The Morgan fingerprint density at radius 2 is 1.39 bits per heavy atom. The van der Waals surface area contributed by atoms with Crippen LogP contribution in [0.15, 0.2) is 86.8 Å². The van der Waals surface area contributed by atoms with Crippen LogP contribution < -0.4 is 5.43 Å². The summed E-state index contributed by atoms with van der Waals surface area (Å²) >= 11 is 6.48. The van der Waals surface area contributed by atoms with Crippen LogP contribution in [0.3, 0.4) is 0 Å². The number of nitrogens with zero attached hydrogens (tertiary/aromatic N) is 1. The van der Waals surface area contributed by atoms with Gasteiger partial charge >= 0.3 is 0 Å². The van der Waals surface area contributed by atoms with Crippen molar-refractivity contribution in [2.24, 2.45) is 5.10 Å². The van der Waals surface area contributed by atoms with Gasteiger partial charge in [-0.1, -0.05) is 60.7 Å². The molecular formula is C21H16Br2N2O3. The third-order valence-corrected chi connectivity index (χ3v) is 5.34. The standard InChI is InChI=1S/C21H16Br2N2O3/c22-17-11-14(12-18(23)19(17)26)13-24-25-20(27)21(28,15-7-3-1-4-8-15)16-9-5-2-6-10-16/h1-13,26,28H,(H,25,27)/b24-13+. The Morgan fingerprint density at radius 3 is 1.86 bits per heavy atom. The van der Waals surface area contributed by atoms with Crippen molar-refractivity contribution < 1.29 is 15.0 Å². The molecule has 0 aliphatic rings. The minimum absolute atomic E-state index is 0.0729. The van der Waals surface area contributed by atoms with E-state index in [0.29, 0.717) is 25.6 Å². The van der Waals surface area contributed by atoms with Crippen LogP contribution in [0.1, 0.15) is 16.7 Å². The largest absolute Gasteiger partial charge is 0.506 e. The second-order valence-electron chi connectivity index (χ2n) is 5.97. The number of phenols is 1. The van der Waals surface area contributed by atoms with E-state index in [0.717, 1.165) is 0 Å². The fourth-order valence-corrected chi connectivity index (χ4v) is 3.92. The summed E-state index contributed by atoms with van der Waals surface area (Å²) in [6.45, 7) is 0. The quantitative estimate of drug-likeness (QED) is 0.358. The van der Waals surface area contributed by atoms with E-state index < -0.39 is 11.5 Å². The molecule has 0 atom stereocenters. The first-order valence-electron chi connectivity index (χ1n) is 8.28. The SMILES string of the molecule is O=C(N/N=C/c1cc(Br)c(O)c(Br)c1)C(O)(c1ccccc1)c1ccccc1. The maximum absolute atomic E-state index is 12.9. The zero-order chi connectivity index (χ0) is 20.1. The monoisotopic (exact) mass is 502 g/mol. The molecule has 0 fully saturated rings. The average molecular weight is 504 g/mol. The van der Waals surface area contributed by atoms with Crippen molar-refractivity contribution in [3.8, 4) is 5.75 Å². The van der Waals surface area contributed by atoms with Crippen LogP contribution in [0.25, 0.3) is 0 Å². The summed E-state index contributed by atoms with van der Waals surface area (Å²) < 4.78 is 0.972. The normalized spacial score (nSPS) is 11.5.